The summed E-state index contributed by atoms with van der Waals surface area (Å²) in [4.78, 5) is 11.8. The Kier molecular flexibility index (Phi) is 6.06. The van der Waals surface area contributed by atoms with Crippen LogP contribution in [0.5, 0.6) is 0 Å². The number of hydrogen-bond donors (Lipinski definition) is 2. The summed E-state index contributed by atoms with van der Waals surface area (Å²) in [6.07, 6.45) is 1.24. The molecule has 0 aliphatic rings. The number of nitrogens with one attached hydrogen (secondary N) is 1. The molecule has 3 nitrogen and oxygen atoms in total. The van der Waals surface area contributed by atoms with Crippen LogP contribution in [0.15, 0.2) is 29.8 Å². The zero-order valence-corrected chi connectivity index (χ0v) is 12.2. The lowest BCUT2D eigenvalue weighted by Crippen LogP contribution is -2.35. The van der Waals surface area contributed by atoms with Crippen LogP contribution in [0, 0.1) is 5.92 Å². The Morgan fingerprint density at radius 2 is 2.16 bits per heavy atom. The topological polar surface area (TPSA) is 49.3 Å². The molecule has 0 saturated carbocycles. The molecule has 0 saturated heterocycles. The third kappa shape index (κ3) is 5.45. The van der Waals surface area contributed by atoms with Gasteiger partial charge in [0.05, 0.1) is 6.10 Å². The molecule has 19 heavy (non-hydrogen) atoms. The molecular formula is C15H20ClNO2. The number of halogens is 1. The standard InChI is InChI=1S/C15H20ClNO2/c1-10(2)14(18)9-17-15(19)11(3)7-12-5-4-6-13(16)8-12/h4-8,10,14,18H,9H2,1-3H3,(H,17,19)/b11-7+. The first kappa shape index (κ1) is 15.7. The highest BCUT2D eigenvalue weighted by Crippen LogP contribution is 2.13. The maximum absolute atomic E-state index is 11.8. The molecule has 0 aliphatic heterocycles. The van der Waals surface area contributed by atoms with Crippen LogP contribution in [-0.2, 0) is 4.79 Å². The average Bonchev–Trinajstić information content (AvgIpc) is 2.35. The van der Waals surface area contributed by atoms with Crippen molar-refractivity contribution < 1.29 is 9.90 Å². The second kappa shape index (κ2) is 7.31. The molecule has 0 heterocycles. The lowest BCUT2D eigenvalue weighted by molar-refractivity contribution is -0.117. The minimum Gasteiger partial charge on any atom is -0.391 e. The van der Waals surface area contributed by atoms with Gasteiger partial charge in [0, 0.05) is 17.1 Å². The fourth-order valence-electron chi connectivity index (χ4n) is 1.48. The van der Waals surface area contributed by atoms with Crippen molar-refractivity contribution in [2.24, 2.45) is 5.92 Å². The Morgan fingerprint density at radius 1 is 1.47 bits per heavy atom. The maximum atomic E-state index is 11.8. The highest BCUT2D eigenvalue weighted by molar-refractivity contribution is 6.30. The molecule has 1 aromatic rings. The summed E-state index contributed by atoms with van der Waals surface area (Å²) in [5, 5.41) is 13.0. The van der Waals surface area contributed by atoms with Gasteiger partial charge >= 0.3 is 0 Å². The van der Waals surface area contributed by atoms with Crippen LogP contribution in [-0.4, -0.2) is 23.7 Å². The number of amides is 1. The van der Waals surface area contributed by atoms with Crippen molar-refractivity contribution in [2.75, 3.05) is 6.54 Å². The summed E-state index contributed by atoms with van der Waals surface area (Å²) < 4.78 is 0. The molecule has 1 unspecified atom stereocenters. The van der Waals surface area contributed by atoms with Crippen LogP contribution in [0.4, 0.5) is 0 Å². The second-order valence-corrected chi connectivity index (χ2v) is 5.34. The van der Waals surface area contributed by atoms with Gasteiger partial charge < -0.3 is 10.4 Å². The average molecular weight is 282 g/mol. The van der Waals surface area contributed by atoms with Crippen LogP contribution >= 0.6 is 11.6 Å². The first-order valence-corrected chi connectivity index (χ1v) is 6.68. The molecular weight excluding hydrogens is 262 g/mol. The quantitative estimate of drug-likeness (QED) is 0.816. The van der Waals surface area contributed by atoms with E-state index in [0.29, 0.717) is 10.6 Å². The van der Waals surface area contributed by atoms with E-state index in [2.05, 4.69) is 5.32 Å². The van der Waals surface area contributed by atoms with Crippen LogP contribution in [0.3, 0.4) is 0 Å². The smallest absolute Gasteiger partial charge is 0.247 e. The summed E-state index contributed by atoms with van der Waals surface area (Å²) in [5.74, 6) is -0.0582. The Bertz CT molecular complexity index is 469. The fraction of sp³-hybridized carbons (Fsp3) is 0.400. The van der Waals surface area contributed by atoms with Crippen molar-refractivity contribution in [1.29, 1.82) is 0 Å². The molecule has 0 bridgehead atoms. The fourth-order valence-corrected chi connectivity index (χ4v) is 1.68. The number of rotatable bonds is 5. The molecule has 1 atom stereocenters. The largest absolute Gasteiger partial charge is 0.391 e. The van der Waals surface area contributed by atoms with Crippen LogP contribution in [0.2, 0.25) is 5.02 Å². The predicted octanol–water partition coefficient (Wildman–Crippen LogP) is 2.88. The lowest BCUT2D eigenvalue weighted by Gasteiger charge is -2.15. The second-order valence-electron chi connectivity index (χ2n) is 4.90. The normalized spacial score (nSPS) is 13.5. The van der Waals surface area contributed by atoms with E-state index in [0.717, 1.165) is 5.56 Å². The Morgan fingerprint density at radius 3 is 2.74 bits per heavy atom. The summed E-state index contributed by atoms with van der Waals surface area (Å²) in [7, 11) is 0. The van der Waals surface area contributed by atoms with Crippen LogP contribution in [0.25, 0.3) is 6.08 Å². The van der Waals surface area contributed by atoms with E-state index in [1.165, 1.54) is 0 Å². The lowest BCUT2D eigenvalue weighted by atomic mass is 10.1. The highest BCUT2D eigenvalue weighted by Gasteiger charge is 2.11. The van der Waals surface area contributed by atoms with Gasteiger partial charge in [-0.1, -0.05) is 37.6 Å². The van der Waals surface area contributed by atoms with E-state index >= 15 is 0 Å². The summed E-state index contributed by atoms with van der Waals surface area (Å²) in [6, 6.07) is 7.29. The van der Waals surface area contributed by atoms with Gasteiger partial charge in [-0.2, -0.15) is 0 Å². The van der Waals surface area contributed by atoms with Crippen molar-refractivity contribution in [1.82, 2.24) is 5.32 Å². The van der Waals surface area contributed by atoms with Crippen molar-refractivity contribution >= 4 is 23.6 Å². The number of carbonyl (C=O) groups is 1. The molecule has 4 heteroatoms. The minimum atomic E-state index is -0.525. The van der Waals surface area contributed by atoms with E-state index in [1.807, 2.05) is 26.0 Å². The van der Waals surface area contributed by atoms with Crippen molar-refractivity contribution in [2.45, 2.75) is 26.9 Å². The molecule has 0 radical (unpaired) electrons. The monoisotopic (exact) mass is 281 g/mol. The molecule has 104 valence electrons. The van der Waals surface area contributed by atoms with Gasteiger partial charge in [-0.15, -0.1) is 0 Å². The van der Waals surface area contributed by atoms with Gasteiger partial charge in [-0.05, 0) is 36.6 Å². The molecule has 0 aromatic heterocycles. The molecule has 1 rings (SSSR count). The van der Waals surface area contributed by atoms with Gasteiger partial charge in [0.1, 0.15) is 0 Å². The van der Waals surface area contributed by atoms with Crippen LogP contribution in [0.1, 0.15) is 26.3 Å². The molecule has 0 aliphatic carbocycles. The minimum absolute atomic E-state index is 0.123. The number of carbonyl (C=O) groups excluding carboxylic acids is 1. The zero-order valence-electron chi connectivity index (χ0n) is 11.5. The van der Waals surface area contributed by atoms with Gasteiger partial charge in [0.25, 0.3) is 0 Å². The zero-order chi connectivity index (χ0) is 14.4. The van der Waals surface area contributed by atoms with Gasteiger partial charge in [-0.25, -0.2) is 0 Å². The van der Waals surface area contributed by atoms with E-state index in [1.54, 1.807) is 25.1 Å². The van der Waals surface area contributed by atoms with Crippen molar-refractivity contribution in [3.05, 3.63) is 40.4 Å². The number of hydrogen-bond acceptors (Lipinski definition) is 2. The number of aliphatic hydroxyl groups excluding tert-OH is 1. The van der Waals surface area contributed by atoms with Gasteiger partial charge in [0.2, 0.25) is 5.91 Å². The predicted molar refractivity (Wildman–Crippen MR) is 79.0 cm³/mol. The van der Waals surface area contributed by atoms with Crippen molar-refractivity contribution in [3.8, 4) is 0 Å². The summed E-state index contributed by atoms with van der Waals surface area (Å²) >= 11 is 5.88. The van der Waals surface area contributed by atoms with Crippen LogP contribution < -0.4 is 5.32 Å². The van der Waals surface area contributed by atoms with Gasteiger partial charge in [0.15, 0.2) is 0 Å². The first-order chi connectivity index (χ1) is 8.90. The maximum Gasteiger partial charge on any atom is 0.247 e. The Hall–Kier alpha value is -1.32. The van der Waals surface area contributed by atoms with E-state index in [4.69, 9.17) is 11.6 Å². The van der Waals surface area contributed by atoms with Gasteiger partial charge in [-0.3, -0.25) is 4.79 Å². The first-order valence-electron chi connectivity index (χ1n) is 6.30. The third-order valence-corrected chi connectivity index (χ3v) is 3.07. The Balaban J connectivity index is 2.62. The van der Waals surface area contributed by atoms with E-state index in [-0.39, 0.29) is 18.4 Å². The highest BCUT2D eigenvalue weighted by atomic mass is 35.5. The van der Waals surface area contributed by atoms with Crippen molar-refractivity contribution in [3.63, 3.8) is 0 Å². The Labute approximate surface area is 119 Å². The SMILES string of the molecule is C/C(=C\c1cccc(Cl)c1)C(=O)NCC(O)C(C)C. The molecule has 1 aromatic carbocycles. The summed E-state index contributed by atoms with van der Waals surface area (Å²) in [6.45, 7) is 5.81. The number of aliphatic hydroxyl groups is 1. The molecule has 0 spiro atoms. The third-order valence-electron chi connectivity index (χ3n) is 2.83. The molecule has 0 fully saturated rings. The van der Waals surface area contributed by atoms with E-state index in [9.17, 15) is 9.90 Å². The molecule has 2 N–H and O–H groups in total. The summed E-state index contributed by atoms with van der Waals surface area (Å²) in [5.41, 5.74) is 1.46. The van der Waals surface area contributed by atoms with E-state index < -0.39 is 6.10 Å². The number of benzene rings is 1. The molecule has 1 amide bonds.